The van der Waals surface area contributed by atoms with Crippen molar-refractivity contribution in [1.82, 2.24) is 14.5 Å². The summed E-state index contributed by atoms with van der Waals surface area (Å²) in [5.41, 5.74) is 15.2. The molecule has 0 spiro atoms. The Kier molecular flexibility index (Phi) is 8.75. The fraction of sp³-hybridized carbons (Fsp3) is 0. The molecule has 0 amide bonds. The zero-order valence-electron chi connectivity index (χ0n) is 34.1. The van der Waals surface area contributed by atoms with Crippen LogP contribution in [0, 0.1) is 0 Å². The van der Waals surface area contributed by atoms with Crippen molar-refractivity contribution < 1.29 is 4.42 Å². The highest BCUT2D eigenvalue weighted by Crippen LogP contribution is 2.43. The molecule has 12 rings (SSSR count). The van der Waals surface area contributed by atoms with Crippen LogP contribution in [0.3, 0.4) is 0 Å². The number of nitrogens with zero attached hydrogens (tertiary/aromatic N) is 4. The molecule has 0 aliphatic rings. The van der Waals surface area contributed by atoms with E-state index < -0.39 is 0 Å². The number of aromatic nitrogens is 3. The van der Waals surface area contributed by atoms with Crippen LogP contribution in [0.2, 0.25) is 0 Å². The Morgan fingerprint density at radius 2 is 0.778 bits per heavy atom. The lowest BCUT2D eigenvalue weighted by molar-refractivity contribution is 0.669. The van der Waals surface area contributed by atoms with Crippen molar-refractivity contribution in [3.63, 3.8) is 0 Å². The predicted octanol–water partition coefficient (Wildman–Crippen LogP) is 15.6. The summed E-state index contributed by atoms with van der Waals surface area (Å²) in [7, 11) is 0. The lowest BCUT2D eigenvalue weighted by atomic mass is 10.0. The molecule has 0 saturated carbocycles. The second-order valence-electron chi connectivity index (χ2n) is 15.8. The molecule has 0 radical (unpaired) electrons. The summed E-state index contributed by atoms with van der Waals surface area (Å²) < 4.78 is 8.73. The molecule has 0 N–H and O–H groups in total. The lowest BCUT2D eigenvalue weighted by Gasteiger charge is -2.26. The maximum Gasteiger partial charge on any atom is 0.235 e. The van der Waals surface area contributed by atoms with Gasteiger partial charge in [-0.2, -0.15) is 0 Å². The third kappa shape index (κ3) is 6.51. The molecular formula is C58H38N4O. The molecule has 0 fully saturated rings. The summed E-state index contributed by atoms with van der Waals surface area (Å²) in [6.07, 6.45) is 0. The van der Waals surface area contributed by atoms with Crippen LogP contribution in [0.5, 0.6) is 0 Å². The number of hydrogen-bond donors (Lipinski definition) is 0. The first-order valence-corrected chi connectivity index (χ1v) is 21.2. The summed E-state index contributed by atoms with van der Waals surface area (Å²) in [5.74, 6) is 0.586. The van der Waals surface area contributed by atoms with Crippen LogP contribution in [-0.4, -0.2) is 14.5 Å². The Labute approximate surface area is 364 Å². The highest BCUT2D eigenvalue weighted by Gasteiger charge is 2.22. The van der Waals surface area contributed by atoms with Gasteiger partial charge in [0.1, 0.15) is 11.2 Å². The zero-order chi connectivity index (χ0) is 41.7. The average Bonchev–Trinajstić information content (AvgIpc) is 3.89. The largest absolute Gasteiger partial charge is 0.456 e. The fourth-order valence-corrected chi connectivity index (χ4v) is 8.94. The van der Waals surface area contributed by atoms with Crippen molar-refractivity contribution >= 4 is 60.8 Å². The van der Waals surface area contributed by atoms with Gasteiger partial charge in [-0.15, -0.1) is 0 Å². The topological polar surface area (TPSA) is 47.1 Å². The van der Waals surface area contributed by atoms with Gasteiger partial charge in [-0.1, -0.05) is 164 Å². The number of anilines is 3. The Balaban J connectivity index is 1.10. The SMILES string of the molecule is c1ccc(-c2ccc(N(c3ccc(-c4ccccc4)cc3)c3ccc4c(c3)c3cc5c(cc3n4-c3nc(-c4ccccc4)cc(-c4ccccc4)n3)oc3ccccc35)cc2)cc1. The molecule has 296 valence electrons. The standard InChI is InChI=1S/C58H38N4O/c1-5-15-39(16-6-1)41-25-29-45(30-26-41)61(46-31-27-42(28-32-46)40-17-7-2-8-18-40)47-33-34-54-49(35-47)50-36-51-48-23-13-14-24-56(48)63-57(51)38-55(50)62(54)58-59-52(43-19-9-3-10-20-43)37-53(60-58)44-21-11-4-12-22-44/h1-38H. The molecule has 0 bridgehead atoms. The molecule has 12 aromatic rings. The number of furan rings is 1. The van der Waals surface area contributed by atoms with Crippen LogP contribution in [0.25, 0.3) is 94.5 Å². The maximum atomic E-state index is 6.53. The Morgan fingerprint density at radius 3 is 1.33 bits per heavy atom. The van der Waals surface area contributed by atoms with Crippen LogP contribution in [0.4, 0.5) is 17.1 Å². The molecular weight excluding hydrogens is 769 g/mol. The minimum absolute atomic E-state index is 0.586. The first-order chi connectivity index (χ1) is 31.2. The number of para-hydroxylation sites is 1. The smallest absolute Gasteiger partial charge is 0.235 e. The van der Waals surface area contributed by atoms with Crippen molar-refractivity contribution in [2.45, 2.75) is 0 Å². The summed E-state index contributed by atoms with van der Waals surface area (Å²) in [6, 6.07) is 81.0. The van der Waals surface area contributed by atoms with E-state index in [0.29, 0.717) is 5.95 Å². The molecule has 0 saturated heterocycles. The minimum Gasteiger partial charge on any atom is -0.456 e. The van der Waals surface area contributed by atoms with Crippen molar-refractivity contribution in [2.75, 3.05) is 4.90 Å². The van der Waals surface area contributed by atoms with E-state index in [1.165, 1.54) is 22.3 Å². The van der Waals surface area contributed by atoms with Crippen LogP contribution < -0.4 is 4.90 Å². The second-order valence-corrected chi connectivity index (χ2v) is 15.8. The van der Waals surface area contributed by atoms with Crippen molar-refractivity contribution in [1.29, 1.82) is 0 Å². The van der Waals surface area contributed by atoms with Gasteiger partial charge < -0.3 is 9.32 Å². The third-order valence-corrected chi connectivity index (χ3v) is 12.0. The van der Waals surface area contributed by atoms with Crippen molar-refractivity contribution in [2.24, 2.45) is 0 Å². The first kappa shape index (κ1) is 36.3. The van der Waals surface area contributed by atoms with E-state index in [9.17, 15) is 0 Å². The van der Waals surface area contributed by atoms with Gasteiger partial charge in [0.2, 0.25) is 5.95 Å². The van der Waals surface area contributed by atoms with E-state index in [4.69, 9.17) is 14.4 Å². The van der Waals surface area contributed by atoms with Gasteiger partial charge in [0.15, 0.2) is 0 Å². The molecule has 0 unspecified atom stereocenters. The molecule has 0 aliphatic heterocycles. The fourth-order valence-electron chi connectivity index (χ4n) is 8.94. The van der Waals surface area contributed by atoms with Gasteiger partial charge in [-0.3, -0.25) is 4.57 Å². The average molecular weight is 807 g/mol. The van der Waals surface area contributed by atoms with E-state index in [1.54, 1.807) is 0 Å². The molecule has 0 atom stereocenters. The Bertz CT molecular complexity index is 3440. The Morgan fingerprint density at radius 1 is 0.317 bits per heavy atom. The molecule has 63 heavy (non-hydrogen) atoms. The van der Waals surface area contributed by atoms with Crippen LogP contribution in [0.15, 0.2) is 235 Å². The van der Waals surface area contributed by atoms with E-state index in [1.807, 2.05) is 24.3 Å². The van der Waals surface area contributed by atoms with Crippen LogP contribution >= 0.6 is 0 Å². The van der Waals surface area contributed by atoms with E-state index in [2.05, 4.69) is 216 Å². The van der Waals surface area contributed by atoms with Gasteiger partial charge in [0, 0.05) is 55.8 Å². The summed E-state index contributed by atoms with van der Waals surface area (Å²) in [4.78, 5) is 13.0. The highest BCUT2D eigenvalue weighted by atomic mass is 16.3. The predicted molar refractivity (Wildman–Crippen MR) is 260 cm³/mol. The summed E-state index contributed by atoms with van der Waals surface area (Å²) >= 11 is 0. The summed E-state index contributed by atoms with van der Waals surface area (Å²) in [5, 5.41) is 4.31. The number of rotatable bonds is 8. The van der Waals surface area contributed by atoms with Gasteiger partial charge in [0.25, 0.3) is 0 Å². The Hall–Kier alpha value is -8.54. The maximum absolute atomic E-state index is 6.53. The monoisotopic (exact) mass is 806 g/mol. The van der Waals surface area contributed by atoms with Gasteiger partial charge in [-0.05, 0) is 82.9 Å². The molecule has 5 heteroatoms. The van der Waals surface area contributed by atoms with Gasteiger partial charge in [0.05, 0.1) is 22.4 Å². The molecule has 3 aromatic heterocycles. The van der Waals surface area contributed by atoms with Crippen molar-refractivity contribution in [3.8, 4) is 50.7 Å². The number of fused-ring (bicyclic) bond motifs is 6. The highest BCUT2D eigenvalue weighted by molar-refractivity contribution is 6.18. The van der Waals surface area contributed by atoms with E-state index in [0.717, 1.165) is 83.3 Å². The van der Waals surface area contributed by atoms with E-state index in [-0.39, 0.29) is 0 Å². The lowest BCUT2D eigenvalue weighted by Crippen LogP contribution is -2.10. The first-order valence-electron chi connectivity index (χ1n) is 21.2. The summed E-state index contributed by atoms with van der Waals surface area (Å²) in [6.45, 7) is 0. The minimum atomic E-state index is 0.586. The number of hydrogen-bond acceptors (Lipinski definition) is 4. The number of benzene rings is 9. The van der Waals surface area contributed by atoms with E-state index >= 15 is 0 Å². The van der Waals surface area contributed by atoms with Gasteiger partial charge >= 0.3 is 0 Å². The van der Waals surface area contributed by atoms with Gasteiger partial charge in [-0.25, -0.2) is 9.97 Å². The van der Waals surface area contributed by atoms with Crippen LogP contribution in [-0.2, 0) is 0 Å². The quantitative estimate of drug-likeness (QED) is 0.153. The molecule has 3 heterocycles. The van der Waals surface area contributed by atoms with Crippen molar-refractivity contribution in [3.05, 3.63) is 231 Å². The zero-order valence-corrected chi connectivity index (χ0v) is 34.1. The molecule has 0 aliphatic carbocycles. The third-order valence-electron chi connectivity index (χ3n) is 12.0. The van der Waals surface area contributed by atoms with Crippen LogP contribution in [0.1, 0.15) is 0 Å². The normalized spacial score (nSPS) is 11.5. The second kappa shape index (κ2) is 15.2. The molecule has 5 nitrogen and oxygen atoms in total. The molecule has 9 aromatic carbocycles.